The van der Waals surface area contributed by atoms with Gasteiger partial charge in [-0.1, -0.05) is 13.8 Å². The maximum Gasteiger partial charge on any atom is 0.0872 e. The summed E-state index contributed by atoms with van der Waals surface area (Å²) in [5.74, 6) is 0. The highest BCUT2D eigenvalue weighted by Gasteiger charge is 2.05. The molecule has 11 heavy (non-hydrogen) atoms. The molecule has 0 fully saturated rings. The van der Waals surface area contributed by atoms with Gasteiger partial charge in [-0.15, -0.1) is 11.3 Å². The normalized spacial score (nSPS) is 11.7. The average Bonchev–Trinajstić information content (AvgIpc) is 2.39. The first-order valence-electron chi connectivity index (χ1n) is 3.80. The second-order valence-corrected chi connectivity index (χ2v) is 2.86. The van der Waals surface area contributed by atoms with Crippen LogP contribution in [0.25, 0.3) is 0 Å². The Morgan fingerprint density at radius 2 is 2.09 bits per heavy atom. The van der Waals surface area contributed by atoms with Gasteiger partial charge in [-0.25, -0.2) is 4.98 Å². The Morgan fingerprint density at radius 3 is 2.27 bits per heavy atom. The topological polar surface area (TPSA) is 33.1 Å². The van der Waals surface area contributed by atoms with E-state index in [0.717, 1.165) is 10.6 Å². The second-order valence-electron chi connectivity index (χ2n) is 1.98. The van der Waals surface area contributed by atoms with Crippen LogP contribution in [0.2, 0.25) is 0 Å². The Labute approximate surface area is 71.9 Å². The van der Waals surface area contributed by atoms with Crippen LogP contribution in [0.15, 0.2) is 5.51 Å². The smallest absolute Gasteiger partial charge is 0.0872 e. The molecule has 1 unspecified atom stereocenters. The zero-order valence-electron chi connectivity index (χ0n) is 7.46. The molecule has 1 N–H and O–H groups in total. The van der Waals surface area contributed by atoms with Gasteiger partial charge in [-0.2, -0.15) is 0 Å². The van der Waals surface area contributed by atoms with Crippen LogP contribution in [0.1, 0.15) is 37.4 Å². The molecular formula is C8H15NOS. The first-order chi connectivity index (χ1) is 5.22. The standard InChI is InChI=1S/C6H9NOS.C2H6/c1-4-6(5(2)8)9-3-7-4;1-2/h3,5,8H,1-2H3;1-2H3. The van der Waals surface area contributed by atoms with E-state index in [1.165, 1.54) is 11.3 Å². The van der Waals surface area contributed by atoms with E-state index in [0.29, 0.717) is 0 Å². The van der Waals surface area contributed by atoms with Crippen LogP contribution in [-0.4, -0.2) is 10.1 Å². The van der Waals surface area contributed by atoms with Crippen molar-refractivity contribution >= 4 is 11.3 Å². The summed E-state index contributed by atoms with van der Waals surface area (Å²) in [7, 11) is 0. The number of hydrogen-bond donors (Lipinski definition) is 1. The lowest BCUT2D eigenvalue weighted by molar-refractivity contribution is 0.202. The zero-order valence-corrected chi connectivity index (χ0v) is 8.27. The SMILES string of the molecule is CC.Cc1ncsc1C(C)O. The molecule has 0 spiro atoms. The molecule has 0 aliphatic rings. The molecule has 0 saturated heterocycles. The zero-order chi connectivity index (χ0) is 8.85. The van der Waals surface area contributed by atoms with Crippen LogP contribution in [0.3, 0.4) is 0 Å². The van der Waals surface area contributed by atoms with E-state index in [4.69, 9.17) is 5.11 Å². The predicted octanol–water partition coefficient (Wildman–Crippen LogP) is 2.53. The molecule has 0 aromatic carbocycles. The number of hydrogen-bond acceptors (Lipinski definition) is 3. The molecule has 1 aromatic heterocycles. The van der Waals surface area contributed by atoms with Crippen LogP contribution >= 0.6 is 11.3 Å². The molecule has 1 heterocycles. The van der Waals surface area contributed by atoms with Crippen LogP contribution in [-0.2, 0) is 0 Å². The second kappa shape index (κ2) is 5.27. The molecule has 0 bridgehead atoms. The van der Waals surface area contributed by atoms with Gasteiger partial charge in [0, 0.05) is 0 Å². The minimum Gasteiger partial charge on any atom is -0.388 e. The van der Waals surface area contributed by atoms with E-state index in [1.807, 2.05) is 20.8 Å². The van der Waals surface area contributed by atoms with E-state index in [1.54, 1.807) is 12.4 Å². The number of aliphatic hydroxyl groups is 1. The largest absolute Gasteiger partial charge is 0.388 e. The summed E-state index contributed by atoms with van der Waals surface area (Å²) in [6.07, 6.45) is -0.363. The third-order valence-electron chi connectivity index (χ3n) is 1.16. The maximum atomic E-state index is 9.06. The third-order valence-corrected chi connectivity index (χ3v) is 2.26. The van der Waals surface area contributed by atoms with E-state index < -0.39 is 0 Å². The molecule has 1 rings (SSSR count). The Kier molecular flexibility index (Phi) is 5.07. The van der Waals surface area contributed by atoms with Crippen molar-refractivity contribution in [2.75, 3.05) is 0 Å². The van der Waals surface area contributed by atoms with Gasteiger partial charge < -0.3 is 5.11 Å². The minimum absolute atomic E-state index is 0.363. The summed E-state index contributed by atoms with van der Waals surface area (Å²) in [6, 6.07) is 0. The van der Waals surface area contributed by atoms with Crippen molar-refractivity contribution in [2.24, 2.45) is 0 Å². The fraction of sp³-hybridized carbons (Fsp3) is 0.625. The Bertz CT molecular complexity index is 196. The van der Waals surface area contributed by atoms with Crippen molar-refractivity contribution in [2.45, 2.75) is 33.8 Å². The Hall–Kier alpha value is -0.410. The minimum atomic E-state index is -0.363. The molecule has 0 aliphatic carbocycles. The number of aromatic nitrogens is 1. The monoisotopic (exact) mass is 173 g/mol. The van der Waals surface area contributed by atoms with Gasteiger partial charge in [0.05, 0.1) is 22.2 Å². The van der Waals surface area contributed by atoms with Crippen LogP contribution in [0.4, 0.5) is 0 Å². The number of rotatable bonds is 1. The summed E-state index contributed by atoms with van der Waals surface area (Å²) in [4.78, 5) is 4.96. The Balaban J connectivity index is 0.000000461. The average molecular weight is 173 g/mol. The highest BCUT2D eigenvalue weighted by molar-refractivity contribution is 7.09. The van der Waals surface area contributed by atoms with E-state index in [2.05, 4.69) is 4.98 Å². The molecule has 64 valence electrons. The van der Waals surface area contributed by atoms with Gasteiger partial charge in [-0.3, -0.25) is 0 Å². The molecule has 0 radical (unpaired) electrons. The molecule has 1 aromatic rings. The van der Waals surface area contributed by atoms with E-state index >= 15 is 0 Å². The lowest BCUT2D eigenvalue weighted by Gasteiger charge is -1.98. The summed E-state index contributed by atoms with van der Waals surface area (Å²) in [5, 5.41) is 9.06. The number of aryl methyl sites for hydroxylation is 1. The fourth-order valence-corrected chi connectivity index (χ4v) is 1.46. The first kappa shape index (κ1) is 10.6. The van der Waals surface area contributed by atoms with Crippen LogP contribution in [0.5, 0.6) is 0 Å². The highest BCUT2D eigenvalue weighted by Crippen LogP contribution is 2.19. The summed E-state index contributed by atoms with van der Waals surface area (Å²) < 4.78 is 0. The molecule has 2 nitrogen and oxygen atoms in total. The molecule has 1 atom stereocenters. The Morgan fingerprint density at radius 1 is 1.55 bits per heavy atom. The molecule has 0 saturated carbocycles. The first-order valence-corrected chi connectivity index (χ1v) is 4.68. The van der Waals surface area contributed by atoms with Gasteiger partial charge in [-0.05, 0) is 13.8 Å². The molecule has 3 heteroatoms. The van der Waals surface area contributed by atoms with Crippen molar-refractivity contribution in [1.82, 2.24) is 4.98 Å². The van der Waals surface area contributed by atoms with Gasteiger partial charge in [0.2, 0.25) is 0 Å². The molecular weight excluding hydrogens is 158 g/mol. The van der Waals surface area contributed by atoms with E-state index in [9.17, 15) is 0 Å². The van der Waals surface area contributed by atoms with Crippen LogP contribution < -0.4 is 0 Å². The van der Waals surface area contributed by atoms with E-state index in [-0.39, 0.29) is 6.10 Å². The van der Waals surface area contributed by atoms with Crippen molar-refractivity contribution < 1.29 is 5.11 Å². The van der Waals surface area contributed by atoms with Gasteiger partial charge in [0.25, 0.3) is 0 Å². The number of aliphatic hydroxyl groups excluding tert-OH is 1. The van der Waals surface area contributed by atoms with Crippen molar-refractivity contribution in [1.29, 1.82) is 0 Å². The third kappa shape index (κ3) is 2.99. The van der Waals surface area contributed by atoms with Crippen molar-refractivity contribution in [3.8, 4) is 0 Å². The van der Waals surface area contributed by atoms with Gasteiger partial charge in [0.15, 0.2) is 0 Å². The summed E-state index contributed by atoms with van der Waals surface area (Å²) in [6.45, 7) is 7.65. The summed E-state index contributed by atoms with van der Waals surface area (Å²) in [5.41, 5.74) is 2.69. The highest BCUT2D eigenvalue weighted by atomic mass is 32.1. The van der Waals surface area contributed by atoms with Gasteiger partial charge in [0.1, 0.15) is 0 Å². The van der Waals surface area contributed by atoms with Gasteiger partial charge >= 0.3 is 0 Å². The quantitative estimate of drug-likeness (QED) is 0.708. The molecule has 0 aliphatic heterocycles. The summed E-state index contributed by atoms with van der Waals surface area (Å²) >= 11 is 1.50. The van der Waals surface area contributed by atoms with Crippen molar-refractivity contribution in [3.63, 3.8) is 0 Å². The predicted molar refractivity (Wildman–Crippen MR) is 48.8 cm³/mol. The number of nitrogens with zero attached hydrogens (tertiary/aromatic N) is 1. The lowest BCUT2D eigenvalue weighted by Crippen LogP contribution is -1.88. The maximum absolute atomic E-state index is 9.06. The number of thiazole rings is 1. The van der Waals surface area contributed by atoms with Crippen LogP contribution in [0, 0.1) is 6.92 Å². The lowest BCUT2D eigenvalue weighted by atomic mass is 10.3. The fourth-order valence-electron chi connectivity index (χ4n) is 0.712. The van der Waals surface area contributed by atoms with Crippen molar-refractivity contribution in [3.05, 3.63) is 16.1 Å². The molecule has 0 amide bonds.